The van der Waals surface area contributed by atoms with Crippen molar-refractivity contribution >= 4 is 0 Å². The minimum absolute atomic E-state index is 0.205. The molecule has 0 saturated heterocycles. The first-order valence-electron chi connectivity index (χ1n) is 7.46. The molecule has 1 heterocycles. The third-order valence-electron chi connectivity index (χ3n) is 4.29. The highest BCUT2D eigenvalue weighted by molar-refractivity contribution is 5.33. The van der Waals surface area contributed by atoms with Gasteiger partial charge in [0.05, 0.1) is 6.10 Å². The zero-order valence-electron chi connectivity index (χ0n) is 13.4. The van der Waals surface area contributed by atoms with Gasteiger partial charge in [0.1, 0.15) is 0 Å². The molecule has 1 unspecified atom stereocenters. The molecular formula is C17H29NO. The Hall–Kier alpha value is -0.760. The van der Waals surface area contributed by atoms with E-state index in [0.717, 1.165) is 19.4 Å². The third kappa shape index (κ3) is 3.22. The maximum atomic E-state index is 10.3. The summed E-state index contributed by atoms with van der Waals surface area (Å²) in [6.45, 7) is 14.6. The van der Waals surface area contributed by atoms with Gasteiger partial charge >= 0.3 is 0 Å². The predicted molar refractivity (Wildman–Crippen MR) is 80.3 cm³/mol. The molecular weight excluding hydrogens is 234 g/mol. The van der Waals surface area contributed by atoms with Gasteiger partial charge in [0.25, 0.3) is 0 Å². The molecule has 0 aliphatic heterocycles. The number of aromatic nitrogens is 1. The van der Waals surface area contributed by atoms with Crippen LogP contribution in [0.15, 0.2) is 6.07 Å². The second kappa shape index (κ2) is 4.66. The number of fused-ring (bicyclic) bond motifs is 1. The molecule has 19 heavy (non-hydrogen) atoms. The van der Waals surface area contributed by atoms with E-state index in [9.17, 15) is 5.11 Å². The summed E-state index contributed by atoms with van der Waals surface area (Å²) in [6.07, 6.45) is 2.85. The van der Waals surface area contributed by atoms with E-state index in [4.69, 9.17) is 0 Å². The van der Waals surface area contributed by atoms with Gasteiger partial charge in [0, 0.05) is 23.5 Å². The molecule has 2 heteroatoms. The monoisotopic (exact) mass is 263 g/mol. The van der Waals surface area contributed by atoms with E-state index < -0.39 is 0 Å². The second-order valence-electron chi connectivity index (χ2n) is 8.21. The molecule has 0 amide bonds. The molecule has 0 aromatic carbocycles. The van der Waals surface area contributed by atoms with Crippen LogP contribution >= 0.6 is 0 Å². The van der Waals surface area contributed by atoms with Crippen molar-refractivity contribution in [2.24, 2.45) is 10.8 Å². The summed E-state index contributed by atoms with van der Waals surface area (Å²) in [5.74, 6) is 0. The highest BCUT2D eigenvalue weighted by Gasteiger charge is 2.34. The van der Waals surface area contributed by atoms with Crippen LogP contribution in [0.4, 0.5) is 0 Å². The Morgan fingerprint density at radius 2 is 2.00 bits per heavy atom. The van der Waals surface area contributed by atoms with Crippen molar-refractivity contribution in [2.45, 2.75) is 73.5 Å². The van der Waals surface area contributed by atoms with Crippen LogP contribution in [0.5, 0.6) is 0 Å². The molecule has 0 saturated carbocycles. The topological polar surface area (TPSA) is 25.2 Å². The third-order valence-corrected chi connectivity index (χ3v) is 4.29. The van der Waals surface area contributed by atoms with Gasteiger partial charge in [0.2, 0.25) is 0 Å². The van der Waals surface area contributed by atoms with Gasteiger partial charge in [-0.25, -0.2) is 0 Å². The van der Waals surface area contributed by atoms with Crippen molar-refractivity contribution < 1.29 is 5.11 Å². The standard InChI is InChI=1S/C17H29NO/c1-12-9-13-14(10-17(5,6)11-15(13)19)18(12)8-7-16(2,3)4/h9,15,19H,7-8,10-11H2,1-6H3. The Morgan fingerprint density at radius 3 is 2.58 bits per heavy atom. The number of aliphatic hydroxyl groups excluding tert-OH is 1. The first kappa shape index (κ1) is 14.6. The van der Waals surface area contributed by atoms with Crippen LogP contribution in [0.25, 0.3) is 0 Å². The average Bonchev–Trinajstić information content (AvgIpc) is 2.49. The van der Waals surface area contributed by atoms with Crippen molar-refractivity contribution in [3.05, 3.63) is 23.0 Å². The summed E-state index contributed by atoms with van der Waals surface area (Å²) in [6, 6.07) is 2.19. The fourth-order valence-electron chi connectivity index (χ4n) is 3.16. The molecule has 1 N–H and O–H groups in total. The summed E-state index contributed by atoms with van der Waals surface area (Å²) in [5, 5.41) is 10.3. The van der Waals surface area contributed by atoms with E-state index in [-0.39, 0.29) is 11.5 Å². The SMILES string of the molecule is Cc1cc2c(n1CCC(C)(C)C)CC(C)(C)CC2O. The Balaban J connectivity index is 2.31. The highest BCUT2D eigenvalue weighted by atomic mass is 16.3. The lowest BCUT2D eigenvalue weighted by Crippen LogP contribution is -2.27. The van der Waals surface area contributed by atoms with Gasteiger partial charge in [-0.2, -0.15) is 0 Å². The molecule has 2 nitrogen and oxygen atoms in total. The first-order chi connectivity index (χ1) is 8.59. The fraction of sp³-hybridized carbons (Fsp3) is 0.765. The van der Waals surface area contributed by atoms with Crippen LogP contribution in [0.2, 0.25) is 0 Å². The van der Waals surface area contributed by atoms with Crippen LogP contribution < -0.4 is 0 Å². The van der Waals surface area contributed by atoms with Gasteiger partial charge in [-0.3, -0.25) is 0 Å². The maximum Gasteiger partial charge on any atom is 0.0812 e. The van der Waals surface area contributed by atoms with E-state index in [1.165, 1.54) is 23.4 Å². The molecule has 2 rings (SSSR count). The molecule has 0 bridgehead atoms. The van der Waals surface area contributed by atoms with Crippen molar-refractivity contribution in [1.29, 1.82) is 0 Å². The molecule has 1 atom stereocenters. The number of hydrogen-bond donors (Lipinski definition) is 1. The Morgan fingerprint density at radius 1 is 1.37 bits per heavy atom. The molecule has 1 aliphatic rings. The maximum absolute atomic E-state index is 10.3. The van der Waals surface area contributed by atoms with Crippen LogP contribution in [0.1, 0.15) is 70.5 Å². The molecule has 0 radical (unpaired) electrons. The van der Waals surface area contributed by atoms with E-state index in [0.29, 0.717) is 5.41 Å². The van der Waals surface area contributed by atoms with Gasteiger partial charge < -0.3 is 9.67 Å². The van der Waals surface area contributed by atoms with Crippen LogP contribution in [-0.4, -0.2) is 9.67 Å². The number of aliphatic hydroxyl groups is 1. The predicted octanol–water partition coefficient (Wildman–Crippen LogP) is 4.24. The molecule has 1 aromatic rings. The molecule has 0 spiro atoms. The van der Waals surface area contributed by atoms with Crippen molar-refractivity contribution in [1.82, 2.24) is 4.57 Å². The van der Waals surface area contributed by atoms with E-state index >= 15 is 0 Å². The van der Waals surface area contributed by atoms with Gasteiger partial charge in [-0.1, -0.05) is 34.6 Å². The first-order valence-corrected chi connectivity index (χ1v) is 7.46. The summed E-state index contributed by atoms with van der Waals surface area (Å²) < 4.78 is 2.44. The number of rotatable bonds is 2. The average molecular weight is 263 g/mol. The normalized spacial score (nSPS) is 22.4. The van der Waals surface area contributed by atoms with Crippen LogP contribution in [0, 0.1) is 17.8 Å². The van der Waals surface area contributed by atoms with Gasteiger partial charge in [0.15, 0.2) is 0 Å². The van der Waals surface area contributed by atoms with Gasteiger partial charge in [-0.05, 0) is 43.1 Å². The van der Waals surface area contributed by atoms with E-state index in [2.05, 4.69) is 52.2 Å². The zero-order valence-corrected chi connectivity index (χ0v) is 13.4. The number of nitrogens with zero attached hydrogens (tertiary/aromatic N) is 1. The Bertz CT molecular complexity index is 462. The minimum Gasteiger partial charge on any atom is -0.388 e. The minimum atomic E-state index is -0.284. The summed E-state index contributed by atoms with van der Waals surface area (Å²) >= 11 is 0. The molecule has 1 aromatic heterocycles. The highest BCUT2D eigenvalue weighted by Crippen LogP contribution is 2.42. The van der Waals surface area contributed by atoms with Gasteiger partial charge in [-0.15, -0.1) is 0 Å². The lowest BCUT2D eigenvalue weighted by molar-refractivity contribution is 0.0977. The fourth-order valence-corrected chi connectivity index (χ4v) is 3.16. The lowest BCUT2D eigenvalue weighted by Gasteiger charge is -2.34. The second-order valence-corrected chi connectivity index (χ2v) is 8.21. The molecule has 0 fully saturated rings. The summed E-state index contributed by atoms with van der Waals surface area (Å²) in [5.41, 5.74) is 4.39. The van der Waals surface area contributed by atoms with E-state index in [1.807, 2.05) is 0 Å². The largest absolute Gasteiger partial charge is 0.388 e. The summed E-state index contributed by atoms with van der Waals surface area (Å²) in [7, 11) is 0. The molecule has 1 aliphatic carbocycles. The number of hydrogen-bond acceptors (Lipinski definition) is 1. The molecule has 108 valence electrons. The zero-order chi connectivity index (χ0) is 14.4. The van der Waals surface area contributed by atoms with Crippen molar-refractivity contribution in [3.63, 3.8) is 0 Å². The Labute approximate surface area is 117 Å². The number of aryl methyl sites for hydroxylation is 1. The Kier molecular flexibility index (Phi) is 3.59. The smallest absolute Gasteiger partial charge is 0.0812 e. The van der Waals surface area contributed by atoms with Crippen LogP contribution in [-0.2, 0) is 13.0 Å². The summed E-state index contributed by atoms with van der Waals surface area (Å²) in [4.78, 5) is 0. The van der Waals surface area contributed by atoms with E-state index in [1.54, 1.807) is 0 Å². The quantitative estimate of drug-likeness (QED) is 0.848. The van der Waals surface area contributed by atoms with Crippen molar-refractivity contribution in [2.75, 3.05) is 0 Å². The van der Waals surface area contributed by atoms with Crippen LogP contribution in [0.3, 0.4) is 0 Å². The lowest BCUT2D eigenvalue weighted by atomic mass is 9.75. The van der Waals surface area contributed by atoms with Crippen molar-refractivity contribution in [3.8, 4) is 0 Å².